The summed E-state index contributed by atoms with van der Waals surface area (Å²) in [5, 5.41) is 0. The Morgan fingerprint density at radius 1 is 1.06 bits per heavy atom. The second kappa shape index (κ2) is 5.27. The Labute approximate surface area is 111 Å². The van der Waals surface area contributed by atoms with Crippen LogP contribution in [-0.4, -0.2) is 6.04 Å². The van der Waals surface area contributed by atoms with Gasteiger partial charge in [0.1, 0.15) is 0 Å². The maximum Gasteiger partial charge on any atom is 0.0229 e. The molecule has 98 valence electrons. The van der Waals surface area contributed by atoms with E-state index in [0.29, 0.717) is 0 Å². The molecule has 2 rings (SSSR count). The van der Waals surface area contributed by atoms with Gasteiger partial charge < -0.3 is 5.73 Å². The first-order chi connectivity index (χ1) is 8.47. The van der Waals surface area contributed by atoms with Gasteiger partial charge in [0.2, 0.25) is 0 Å². The van der Waals surface area contributed by atoms with Crippen molar-refractivity contribution in [1.82, 2.24) is 0 Å². The molecule has 0 amide bonds. The first-order valence-electron chi connectivity index (χ1n) is 7.04. The van der Waals surface area contributed by atoms with Crippen LogP contribution in [0.4, 0.5) is 0 Å². The predicted octanol–water partition coefficient (Wildman–Crippen LogP) is 4.27. The highest BCUT2D eigenvalue weighted by Gasteiger charge is 2.14. The normalized spacial score (nSPS) is 21.3. The summed E-state index contributed by atoms with van der Waals surface area (Å²) in [7, 11) is 0. The molecule has 1 atom stereocenters. The lowest BCUT2D eigenvalue weighted by molar-refractivity contribution is 0.590. The molecular weight excluding hydrogens is 218 g/mol. The van der Waals surface area contributed by atoms with E-state index in [-0.39, 0.29) is 11.5 Å². The predicted molar refractivity (Wildman–Crippen MR) is 79.6 cm³/mol. The highest BCUT2D eigenvalue weighted by molar-refractivity contribution is 5.66. The summed E-state index contributed by atoms with van der Waals surface area (Å²) >= 11 is 0. The number of rotatable bonds is 1. The fourth-order valence-corrected chi connectivity index (χ4v) is 2.55. The number of nitrogens with two attached hydrogens (primary N) is 1. The molecule has 0 aromatic heterocycles. The average molecular weight is 243 g/mol. The summed E-state index contributed by atoms with van der Waals surface area (Å²) in [6.45, 7) is 6.76. The van der Waals surface area contributed by atoms with Gasteiger partial charge >= 0.3 is 0 Å². The third-order valence-corrected chi connectivity index (χ3v) is 3.77. The lowest BCUT2D eigenvalue weighted by Gasteiger charge is -2.19. The van der Waals surface area contributed by atoms with E-state index < -0.39 is 0 Å². The molecule has 0 saturated carbocycles. The van der Waals surface area contributed by atoms with Crippen LogP contribution in [0.25, 0.3) is 5.57 Å². The van der Waals surface area contributed by atoms with Crippen LogP contribution >= 0.6 is 0 Å². The largest absolute Gasteiger partial charge is 0.324 e. The number of allylic oxidation sites excluding steroid dienone is 1. The summed E-state index contributed by atoms with van der Waals surface area (Å²) in [5.74, 6) is 0. The third kappa shape index (κ3) is 3.23. The van der Waals surface area contributed by atoms with Crippen molar-refractivity contribution in [3.63, 3.8) is 0 Å². The van der Waals surface area contributed by atoms with Crippen LogP contribution in [-0.2, 0) is 5.41 Å². The molecular formula is C17H25N. The minimum absolute atomic E-state index is 0.229. The van der Waals surface area contributed by atoms with Crippen LogP contribution in [0.5, 0.6) is 0 Å². The molecule has 1 aliphatic rings. The van der Waals surface area contributed by atoms with E-state index in [1.165, 1.54) is 36.0 Å². The maximum absolute atomic E-state index is 6.09. The summed E-state index contributed by atoms with van der Waals surface area (Å²) in [6.07, 6.45) is 7.08. The molecule has 1 aromatic carbocycles. The smallest absolute Gasteiger partial charge is 0.0229 e. The van der Waals surface area contributed by atoms with Crippen molar-refractivity contribution in [2.45, 2.75) is 57.9 Å². The van der Waals surface area contributed by atoms with E-state index in [1.54, 1.807) is 0 Å². The van der Waals surface area contributed by atoms with Crippen molar-refractivity contribution >= 4 is 5.57 Å². The molecule has 0 spiro atoms. The Morgan fingerprint density at radius 3 is 2.33 bits per heavy atom. The van der Waals surface area contributed by atoms with Crippen LogP contribution in [0.2, 0.25) is 0 Å². The quantitative estimate of drug-likeness (QED) is 0.783. The SMILES string of the molecule is CC(C)(C)c1ccc(C2=CC(N)CCCC2)cc1. The topological polar surface area (TPSA) is 26.0 Å². The molecule has 0 radical (unpaired) electrons. The lowest BCUT2D eigenvalue weighted by Crippen LogP contribution is -2.15. The minimum Gasteiger partial charge on any atom is -0.324 e. The maximum atomic E-state index is 6.09. The zero-order valence-electron chi connectivity index (χ0n) is 11.9. The summed E-state index contributed by atoms with van der Waals surface area (Å²) in [4.78, 5) is 0. The molecule has 1 aliphatic carbocycles. The molecule has 1 aromatic rings. The van der Waals surface area contributed by atoms with Gasteiger partial charge in [0.15, 0.2) is 0 Å². The molecule has 1 unspecified atom stereocenters. The zero-order valence-corrected chi connectivity index (χ0v) is 11.9. The van der Waals surface area contributed by atoms with Crippen LogP contribution in [0.15, 0.2) is 30.3 Å². The Morgan fingerprint density at radius 2 is 1.72 bits per heavy atom. The summed E-state index contributed by atoms with van der Waals surface area (Å²) in [5.41, 5.74) is 10.5. The van der Waals surface area contributed by atoms with E-state index in [1.807, 2.05) is 0 Å². The Bertz CT molecular complexity index is 420. The fourth-order valence-electron chi connectivity index (χ4n) is 2.55. The fraction of sp³-hybridized carbons (Fsp3) is 0.529. The highest BCUT2D eigenvalue weighted by atomic mass is 14.6. The molecule has 18 heavy (non-hydrogen) atoms. The second-order valence-electron chi connectivity index (χ2n) is 6.43. The van der Waals surface area contributed by atoms with Gasteiger partial charge in [-0.05, 0) is 41.4 Å². The molecule has 0 saturated heterocycles. The van der Waals surface area contributed by atoms with Crippen LogP contribution in [0.3, 0.4) is 0 Å². The van der Waals surface area contributed by atoms with Crippen molar-refractivity contribution in [1.29, 1.82) is 0 Å². The van der Waals surface area contributed by atoms with Crippen molar-refractivity contribution in [2.75, 3.05) is 0 Å². The van der Waals surface area contributed by atoms with E-state index in [0.717, 1.165) is 6.42 Å². The van der Waals surface area contributed by atoms with Gasteiger partial charge in [-0.1, -0.05) is 57.5 Å². The Balaban J connectivity index is 2.23. The van der Waals surface area contributed by atoms with Gasteiger partial charge in [0, 0.05) is 6.04 Å². The van der Waals surface area contributed by atoms with Gasteiger partial charge in [-0.15, -0.1) is 0 Å². The highest BCUT2D eigenvalue weighted by Crippen LogP contribution is 2.28. The molecule has 1 heteroatoms. The molecule has 0 fully saturated rings. The van der Waals surface area contributed by atoms with Crippen molar-refractivity contribution < 1.29 is 0 Å². The van der Waals surface area contributed by atoms with E-state index in [4.69, 9.17) is 5.73 Å². The van der Waals surface area contributed by atoms with Crippen LogP contribution in [0, 0.1) is 0 Å². The van der Waals surface area contributed by atoms with Crippen LogP contribution in [0.1, 0.15) is 57.6 Å². The molecule has 2 N–H and O–H groups in total. The van der Waals surface area contributed by atoms with E-state index >= 15 is 0 Å². The monoisotopic (exact) mass is 243 g/mol. The van der Waals surface area contributed by atoms with Gasteiger partial charge in [0.05, 0.1) is 0 Å². The minimum atomic E-state index is 0.229. The van der Waals surface area contributed by atoms with Crippen molar-refractivity contribution in [3.8, 4) is 0 Å². The summed E-state index contributed by atoms with van der Waals surface area (Å²) < 4.78 is 0. The lowest BCUT2D eigenvalue weighted by atomic mass is 9.86. The average Bonchev–Trinajstić information content (AvgIpc) is 2.53. The number of hydrogen-bond donors (Lipinski definition) is 1. The van der Waals surface area contributed by atoms with Crippen molar-refractivity contribution in [2.24, 2.45) is 5.73 Å². The summed E-state index contributed by atoms with van der Waals surface area (Å²) in [6, 6.07) is 9.26. The van der Waals surface area contributed by atoms with Gasteiger partial charge in [-0.3, -0.25) is 0 Å². The standard InChI is InChI=1S/C17H25N/c1-17(2,3)15-10-8-13(9-11-15)14-6-4-5-7-16(18)12-14/h8-12,16H,4-7,18H2,1-3H3. The van der Waals surface area contributed by atoms with Crippen LogP contribution < -0.4 is 5.73 Å². The molecule has 1 nitrogen and oxygen atoms in total. The van der Waals surface area contributed by atoms with Crippen molar-refractivity contribution in [3.05, 3.63) is 41.5 Å². The Hall–Kier alpha value is -1.08. The first-order valence-corrected chi connectivity index (χ1v) is 7.04. The van der Waals surface area contributed by atoms with Gasteiger partial charge in [-0.25, -0.2) is 0 Å². The molecule has 0 heterocycles. The zero-order chi connectivity index (χ0) is 13.2. The number of hydrogen-bond acceptors (Lipinski definition) is 1. The second-order valence-corrected chi connectivity index (χ2v) is 6.43. The Kier molecular flexibility index (Phi) is 3.91. The van der Waals surface area contributed by atoms with Gasteiger partial charge in [-0.2, -0.15) is 0 Å². The molecule has 0 aliphatic heterocycles. The van der Waals surface area contributed by atoms with E-state index in [9.17, 15) is 0 Å². The number of benzene rings is 1. The molecule has 0 bridgehead atoms. The first kappa shape index (κ1) is 13.4. The van der Waals surface area contributed by atoms with E-state index in [2.05, 4.69) is 51.1 Å². The third-order valence-electron chi connectivity index (χ3n) is 3.77. The van der Waals surface area contributed by atoms with Gasteiger partial charge in [0.25, 0.3) is 0 Å².